The van der Waals surface area contributed by atoms with E-state index in [0.29, 0.717) is 24.4 Å². The molecule has 2 unspecified atom stereocenters. The Morgan fingerprint density at radius 2 is 1.58 bits per heavy atom. The number of nitrogens with one attached hydrogen (secondary N) is 2. The van der Waals surface area contributed by atoms with Crippen LogP contribution in [0.15, 0.2) is 0 Å². The Labute approximate surface area is 118 Å². The van der Waals surface area contributed by atoms with Gasteiger partial charge in [-0.1, -0.05) is 27.7 Å². The maximum Gasteiger partial charge on any atom is 0.407 e. The Balaban J connectivity index is 4.26. The van der Waals surface area contributed by atoms with E-state index in [1.54, 1.807) is 0 Å². The molecular formula is C15H32N2O2. The predicted molar refractivity (Wildman–Crippen MR) is 80.3 cm³/mol. The molecule has 0 bridgehead atoms. The molecule has 0 aliphatic rings. The summed E-state index contributed by atoms with van der Waals surface area (Å²) in [6.45, 7) is 17.1. The summed E-state index contributed by atoms with van der Waals surface area (Å²) in [6.07, 6.45) is -0.350. The van der Waals surface area contributed by atoms with Gasteiger partial charge in [-0.3, -0.25) is 0 Å². The third kappa shape index (κ3) is 8.87. The first kappa shape index (κ1) is 18.2. The van der Waals surface area contributed by atoms with E-state index in [0.717, 1.165) is 0 Å². The molecule has 2 N–H and O–H groups in total. The molecule has 0 fully saturated rings. The van der Waals surface area contributed by atoms with Crippen molar-refractivity contribution in [2.75, 3.05) is 6.54 Å². The lowest BCUT2D eigenvalue weighted by molar-refractivity contribution is 0.0518. The second-order valence-corrected chi connectivity index (χ2v) is 6.93. The third-order valence-corrected chi connectivity index (χ3v) is 3.15. The van der Waals surface area contributed by atoms with Gasteiger partial charge in [-0.2, -0.15) is 0 Å². The Hall–Kier alpha value is -0.770. The van der Waals surface area contributed by atoms with Gasteiger partial charge in [0, 0.05) is 18.6 Å². The fourth-order valence-electron chi connectivity index (χ4n) is 1.52. The zero-order valence-electron chi connectivity index (χ0n) is 13.8. The van der Waals surface area contributed by atoms with Crippen LogP contribution in [0.5, 0.6) is 0 Å². The van der Waals surface area contributed by atoms with E-state index in [1.807, 2.05) is 20.8 Å². The van der Waals surface area contributed by atoms with Gasteiger partial charge < -0.3 is 15.4 Å². The van der Waals surface area contributed by atoms with Gasteiger partial charge >= 0.3 is 6.09 Å². The molecule has 0 spiro atoms. The minimum atomic E-state index is -0.448. The molecule has 114 valence electrons. The van der Waals surface area contributed by atoms with Gasteiger partial charge in [0.2, 0.25) is 0 Å². The summed E-state index contributed by atoms with van der Waals surface area (Å²) in [5.41, 5.74) is -0.448. The van der Waals surface area contributed by atoms with Crippen LogP contribution >= 0.6 is 0 Å². The first-order valence-electron chi connectivity index (χ1n) is 7.25. The lowest BCUT2D eigenvalue weighted by atomic mass is 10.00. The van der Waals surface area contributed by atoms with Gasteiger partial charge in [0.25, 0.3) is 0 Å². The molecule has 0 radical (unpaired) electrons. The number of alkyl carbamates (subject to hydrolysis) is 1. The average Bonchev–Trinajstić information content (AvgIpc) is 2.20. The van der Waals surface area contributed by atoms with Crippen LogP contribution in [0.1, 0.15) is 55.4 Å². The maximum absolute atomic E-state index is 11.6. The van der Waals surface area contributed by atoms with Gasteiger partial charge in [0.15, 0.2) is 0 Å². The molecule has 1 amide bonds. The van der Waals surface area contributed by atoms with Crippen LogP contribution < -0.4 is 10.6 Å². The van der Waals surface area contributed by atoms with Gasteiger partial charge in [-0.15, -0.1) is 0 Å². The summed E-state index contributed by atoms with van der Waals surface area (Å²) in [5.74, 6) is 1.03. The lowest BCUT2D eigenvalue weighted by Gasteiger charge is -2.29. The van der Waals surface area contributed by atoms with E-state index in [9.17, 15) is 4.79 Å². The van der Waals surface area contributed by atoms with Gasteiger partial charge in [0.05, 0.1) is 0 Å². The molecule has 0 saturated heterocycles. The molecule has 0 rings (SSSR count). The fourth-order valence-corrected chi connectivity index (χ4v) is 1.52. The van der Waals surface area contributed by atoms with Crippen LogP contribution in [-0.4, -0.2) is 30.3 Å². The molecule has 0 aromatic heterocycles. The van der Waals surface area contributed by atoms with Crippen LogP contribution in [0.3, 0.4) is 0 Å². The van der Waals surface area contributed by atoms with Crippen molar-refractivity contribution in [2.45, 2.75) is 73.1 Å². The zero-order valence-corrected chi connectivity index (χ0v) is 13.8. The number of rotatable bonds is 6. The minimum Gasteiger partial charge on any atom is -0.444 e. The summed E-state index contributed by atoms with van der Waals surface area (Å²) in [4.78, 5) is 11.6. The predicted octanol–water partition coefficient (Wildman–Crippen LogP) is 3.17. The van der Waals surface area contributed by atoms with Crippen LogP contribution in [0.4, 0.5) is 4.79 Å². The largest absolute Gasteiger partial charge is 0.444 e. The molecule has 4 heteroatoms. The van der Waals surface area contributed by atoms with Gasteiger partial charge in [-0.25, -0.2) is 4.79 Å². The number of carbonyl (C=O) groups is 1. The van der Waals surface area contributed by atoms with Crippen LogP contribution in [0.25, 0.3) is 0 Å². The molecule has 0 saturated carbocycles. The van der Waals surface area contributed by atoms with Crippen molar-refractivity contribution in [1.29, 1.82) is 0 Å². The van der Waals surface area contributed by atoms with Crippen molar-refractivity contribution in [1.82, 2.24) is 10.6 Å². The lowest BCUT2D eigenvalue weighted by Crippen LogP contribution is -2.49. The molecule has 2 atom stereocenters. The van der Waals surface area contributed by atoms with Crippen LogP contribution in [0.2, 0.25) is 0 Å². The highest BCUT2D eigenvalue weighted by Gasteiger charge is 2.20. The Morgan fingerprint density at radius 1 is 1.05 bits per heavy atom. The first-order chi connectivity index (χ1) is 8.53. The van der Waals surface area contributed by atoms with Crippen molar-refractivity contribution < 1.29 is 9.53 Å². The van der Waals surface area contributed by atoms with Crippen molar-refractivity contribution >= 4 is 6.09 Å². The first-order valence-corrected chi connectivity index (χ1v) is 7.25. The Kier molecular flexibility index (Phi) is 7.42. The monoisotopic (exact) mass is 272 g/mol. The normalized spacial score (nSPS) is 15.5. The maximum atomic E-state index is 11.6. The third-order valence-electron chi connectivity index (χ3n) is 3.15. The number of carbonyl (C=O) groups excluding carboxylic acids is 1. The molecule has 0 heterocycles. The number of hydrogen-bond acceptors (Lipinski definition) is 3. The van der Waals surface area contributed by atoms with E-state index < -0.39 is 5.60 Å². The summed E-state index contributed by atoms with van der Waals surface area (Å²) in [7, 11) is 0. The minimum absolute atomic E-state index is 0.255. The van der Waals surface area contributed by atoms with Gasteiger partial charge in [-0.05, 0) is 39.5 Å². The Morgan fingerprint density at radius 3 is 1.95 bits per heavy atom. The molecular weight excluding hydrogens is 240 g/mol. The van der Waals surface area contributed by atoms with E-state index >= 15 is 0 Å². The van der Waals surface area contributed by atoms with Gasteiger partial charge in [0.1, 0.15) is 5.60 Å². The fraction of sp³-hybridized carbons (Fsp3) is 0.933. The standard InChI is InChI=1S/C15H32N2O2/c1-10(2)12(5)17-13(11(3)4)9-16-14(18)19-15(6,7)8/h10-13,17H,9H2,1-8H3,(H,16,18). The number of hydrogen-bond donors (Lipinski definition) is 2. The van der Waals surface area contributed by atoms with Crippen molar-refractivity contribution in [2.24, 2.45) is 11.8 Å². The zero-order chi connectivity index (χ0) is 15.2. The second-order valence-electron chi connectivity index (χ2n) is 6.93. The summed E-state index contributed by atoms with van der Waals surface area (Å²) in [6, 6.07) is 0.678. The molecule has 4 nitrogen and oxygen atoms in total. The molecule has 0 aromatic carbocycles. The quantitative estimate of drug-likeness (QED) is 0.781. The summed E-state index contributed by atoms with van der Waals surface area (Å²) in [5, 5.41) is 6.41. The highest BCUT2D eigenvalue weighted by molar-refractivity contribution is 5.67. The second kappa shape index (κ2) is 7.73. The van der Waals surface area contributed by atoms with E-state index in [-0.39, 0.29) is 12.1 Å². The van der Waals surface area contributed by atoms with E-state index in [2.05, 4.69) is 45.3 Å². The van der Waals surface area contributed by atoms with Crippen LogP contribution in [0, 0.1) is 11.8 Å². The molecule has 0 aliphatic carbocycles. The topological polar surface area (TPSA) is 50.4 Å². The molecule has 19 heavy (non-hydrogen) atoms. The van der Waals surface area contributed by atoms with Crippen LogP contribution in [-0.2, 0) is 4.74 Å². The average molecular weight is 272 g/mol. The molecule has 0 aromatic rings. The number of amides is 1. The Bertz CT molecular complexity index is 270. The summed E-state index contributed by atoms with van der Waals surface area (Å²) < 4.78 is 5.24. The highest BCUT2D eigenvalue weighted by Crippen LogP contribution is 2.09. The van der Waals surface area contributed by atoms with E-state index in [4.69, 9.17) is 4.74 Å². The smallest absolute Gasteiger partial charge is 0.407 e. The van der Waals surface area contributed by atoms with Crippen molar-refractivity contribution in [3.8, 4) is 0 Å². The SMILES string of the molecule is CC(C)C(C)NC(CNC(=O)OC(C)(C)C)C(C)C. The van der Waals surface area contributed by atoms with Crippen molar-refractivity contribution in [3.63, 3.8) is 0 Å². The number of ether oxygens (including phenoxy) is 1. The van der Waals surface area contributed by atoms with E-state index in [1.165, 1.54) is 0 Å². The molecule has 0 aliphatic heterocycles. The summed E-state index contributed by atoms with van der Waals surface area (Å²) >= 11 is 0. The highest BCUT2D eigenvalue weighted by atomic mass is 16.6. The van der Waals surface area contributed by atoms with Crippen molar-refractivity contribution in [3.05, 3.63) is 0 Å².